The highest BCUT2D eigenvalue weighted by Gasteiger charge is 2.03. The van der Waals surface area contributed by atoms with E-state index in [4.69, 9.17) is 0 Å². The van der Waals surface area contributed by atoms with Crippen molar-refractivity contribution in [2.45, 2.75) is 19.9 Å². The molecule has 4 nitrogen and oxygen atoms in total. The Hall–Kier alpha value is -1.58. The van der Waals surface area contributed by atoms with E-state index in [0.29, 0.717) is 6.54 Å². The smallest absolute Gasteiger partial charge is 0.407 e. The van der Waals surface area contributed by atoms with Crippen LogP contribution in [0.4, 0.5) is 4.79 Å². The van der Waals surface area contributed by atoms with Gasteiger partial charge in [-0.3, -0.25) is 4.98 Å². The van der Waals surface area contributed by atoms with Crippen molar-refractivity contribution in [1.29, 1.82) is 0 Å². The van der Waals surface area contributed by atoms with Gasteiger partial charge in [0.1, 0.15) is 0 Å². The summed E-state index contributed by atoms with van der Waals surface area (Å²) in [5.74, 6) is 0. The van der Waals surface area contributed by atoms with Gasteiger partial charge in [0.15, 0.2) is 0 Å². The number of alkyl carbamates (subject to hydrolysis) is 1. The summed E-state index contributed by atoms with van der Waals surface area (Å²) in [6.45, 7) is 2.47. The minimum absolute atomic E-state index is 0.413. The maximum atomic E-state index is 10.8. The second-order valence-corrected chi connectivity index (χ2v) is 2.81. The summed E-state index contributed by atoms with van der Waals surface area (Å²) in [6, 6.07) is 3.89. The lowest BCUT2D eigenvalue weighted by molar-refractivity contribution is 0.170. The zero-order valence-electron chi connectivity index (χ0n) is 8.41. The molecule has 1 N–H and O–H groups in total. The summed E-state index contributed by atoms with van der Waals surface area (Å²) in [5, 5.41) is 2.60. The number of amides is 1. The van der Waals surface area contributed by atoms with Crippen LogP contribution in [-0.4, -0.2) is 18.2 Å². The number of methoxy groups -OCH3 is 1. The fraction of sp³-hybridized carbons (Fsp3) is 0.400. The summed E-state index contributed by atoms with van der Waals surface area (Å²) in [6.07, 6.45) is 2.19. The summed E-state index contributed by atoms with van der Waals surface area (Å²) in [5.41, 5.74) is 2.03. The van der Waals surface area contributed by atoms with E-state index in [2.05, 4.69) is 22.0 Å². The van der Waals surface area contributed by atoms with E-state index < -0.39 is 6.09 Å². The van der Waals surface area contributed by atoms with Crippen LogP contribution in [0.15, 0.2) is 18.3 Å². The van der Waals surface area contributed by atoms with Crippen LogP contribution in [-0.2, 0) is 17.7 Å². The highest BCUT2D eigenvalue weighted by Crippen LogP contribution is 2.05. The van der Waals surface area contributed by atoms with Crippen LogP contribution in [0.1, 0.15) is 18.2 Å². The van der Waals surface area contributed by atoms with Crippen LogP contribution in [0.5, 0.6) is 0 Å². The van der Waals surface area contributed by atoms with Gasteiger partial charge in [-0.15, -0.1) is 0 Å². The minimum Gasteiger partial charge on any atom is -0.453 e. The van der Waals surface area contributed by atoms with Crippen LogP contribution in [0.25, 0.3) is 0 Å². The third kappa shape index (κ3) is 2.73. The number of nitrogens with one attached hydrogen (secondary N) is 1. The Morgan fingerprint density at radius 3 is 3.07 bits per heavy atom. The van der Waals surface area contributed by atoms with Gasteiger partial charge in [0.2, 0.25) is 0 Å². The van der Waals surface area contributed by atoms with Crippen molar-refractivity contribution in [2.24, 2.45) is 0 Å². The molecule has 1 aromatic heterocycles. The quantitative estimate of drug-likeness (QED) is 0.793. The van der Waals surface area contributed by atoms with Crippen LogP contribution in [0.2, 0.25) is 0 Å². The minimum atomic E-state index is -0.433. The molecule has 0 aromatic carbocycles. The molecule has 0 aliphatic rings. The molecule has 0 unspecified atom stereocenters. The van der Waals surface area contributed by atoms with Crippen molar-refractivity contribution in [2.75, 3.05) is 7.11 Å². The number of pyridine rings is 1. The van der Waals surface area contributed by atoms with Crippen molar-refractivity contribution in [3.63, 3.8) is 0 Å². The number of carbonyl (C=O) groups is 1. The first kappa shape index (κ1) is 10.5. The van der Waals surface area contributed by atoms with E-state index in [0.717, 1.165) is 17.7 Å². The largest absolute Gasteiger partial charge is 0.453 e. The van der Waals surface area contributed by atoms with E-state index in [9.17, 15) is 4.79 Å². The Kier molecular flexibility index (Phi) is 3.91. The van der Waals surface area contributed by atoms with Crippen LogP contribution in [0, 0.1) is 0 Å². The number of nitrogens with zero attached hydrogens (tertiary/aromatic N) is 1. The predicted octanol–water partition coefficient (Wildman–Crippen LogP) is 1.50. The average molecular weight is 194 g/mol. The molecule has 1 amide bonds. The predicted molar refractivity (Wildman–Crippen MR) is 52.9 cm³/mol. The Bertz CT molecular complexity index is 313. The molecule has 1 aromatic rings. The molecule has 0 bridgehead atoms. The summed E-state index contributed by atoms with van der Waals surface area (Å²) in [7, 11) is 1.34. The van der Waals surface area contributed by atoms with Crippen molar-refractivity contribution in [1.82, 2.24) is 10.3 Å². The molecule has 0 spiro atoms. The average Bonchev–Trinajstić information content (AvgIpc) is 2.26. The summed E-state index contributed by atoms with van der Waals surface area (Å²) in [4.78, 5) is 15.0. The topological polar surface area (TPSA) is 51.2 Å². The molecule has 0 atom stereocenters. The zero-order chi connectivity index (χ0) is 10.4. The lowest BCUT2D eigenvalue weighted by atomic mass is 10.1. The molecular weight excluding hydrogens is 180 g/mol. The molecule has 0 saturated heterocycles. The van der Waals surface area contributed by atoms with E-state index in [-0.39, 0.29) is 0 Å². The highest BCUT2D eigenvalue weighted by molar-refractivity contribution is 5.66. The number of carbonyl (C=O) groups excluding carboxylic acids is 1. The van der Waals surface area contributed by atoms with Gasteiger partial charge >= 0.3 is 6.09 Å². The normalized spacial score (nSPS) is 9.57. The van der Waals surface area contributed by atoms with Gasteiger partial charge in [-0.25, -0.2) is 4.79 Å². The van der Waals surface area contributed by atoms with Gasteiger partial charge in [-0.1, -0.05) is 13.0 Å². The lowest BCUT2D eigenvalue weighted by Crippen LogP contribution is -2.23. The van der Waals surface area contributed by atoms with Crippen LogP contribution < -0.4 is 5.32 Å². The fourth-order valence-corrected chi connectivity index (χ4v) is 1.18. The van der Waals surface area contributed by atoms with E-state index >= 15 is 0 Å². The summed E-state index contributed by atoms with van der Waals surface area (Å²) >= 11 is 0. The standard InChI is InChI=1S/C10H14N2O2/c1-3-8-5-4-6-11-9(8)7-12-10(13)14-2/h4-6H,3,7H2,1-2H3,(H,12,13). The number of hydrogen-bond acceptors (Lipinski definition) is 3. The first-order chi connectivity index (χ1) is 6.77. The van der Waals surface area contributed by atoms with Gasteiger partial charge in [-0.2, -0.15) is 0 Å². The van der Waals surface area contributed by atoms with Gasteiger partial charge < -0.3 is 10.1 Å². The van der Waals surface area contributed by atoms with Crippen LogP contribution in [0.3, 0.4) is 0 Å². The van der Waals surface area contributed by atoms with E-state index in [1.54, 1.807) is 6.20 Å². The van der Waals surface area contributed by atoms with Crippen molar-refractivity contribution >= 4 is 6.09 Å². The first-order valence-corrected chi connectivity index (χ1v) is 4.52. The summed E-state index contributed by atoms with van der Waals surface area (Å²) < 4.78 is 4.47. The molecule has 0 fully saturated rings. The third-order valence-corrected chi connectivity index (χ3v) is 1.95. The Morgan fingerprint density at radius 1 is 1.64 bits per heavy atom. The van der Waals surface area contributed by atoms with Gasteiger partial charge in [0, 0.05) is 6.20 Å². The second kappa shape index (κ2) is 5.21. The highest BCUT2D eigenvalue weighted by atomic mass is 16.5. The van der Waals surface area contributed by atoms with E-state index in [1.807, 2.05) is 12.1 Å². The molecule has 1 rings (SSSR count). The maximum Gasteiger partial charge on any atom is 0.407 e. The number of aryl methyl sites for hydroxylation is 1. The molecule has 0 aliphatic heterocycles. The molecule has 76 valence electrons. The SMILES string of the molecule is CCc1cccnc1CNC(=O)OC. The molecule has 0 radical (unpaired) electrons. The molecule has 0 aliphatic carbocycles. The number of rotatable bonds is 3. The lowest BCUT2D eigenvalue weighted by Gasteiger charge is -2.06. The van der Waals surface area contributed by atoms with Gasteiger partial charge in [-0.05, 0) is 18.1 Å². The molecule has 14 heavy (non-hydrogen) atoms. The van der Waals surface area contributed by atoms with E-state index in [1.165, 1.54) is 7.11 Å². The number of ether oxygens (including phenoxy) is 1. The fourth-order valence-electron chi connectivity index (χ4n) is 1.18. The monoisotopic (exact) mass is 194 g/mol. The number of aromatic nitrogens is 1. The second-order valence-electron chi connectivity index (χ2n) is 2.81. The van der Waals surface area contributed by atoms with Crippen molar-refractivity contribution in [3.8, 4) is 0 Å². The Balaban J connectivity index is 2.61. The van der Waals surface area contributed by atoms with Crippen molar-refractivity contribution in [3.05, 3.63) is 29.6 Å². The number of hydrogen-bond donors (Lipinski definition) is 1. The maximum absolute atomic E-state index is 10.8. The first-order valence-electron chi connectivity index (χ1n) is 4.52. The van der Waals surface area contributed by atoms with Gasteiger partial charge in [0.25, 0.3) is 0 Å². The molecule has 4 heteroatoms. The van der Waals surface area contributed by atoms with Gasteiger partial charge in [0.05, 0.1) is 19.3 Å². The molecular formula is C10H14N2O2. The molecule has 1 heterocycles. The third-order valence-electron chi connectivity index (χ3n) is 1.95. The zero-order valence-corrected chi connectivity index (χ0v) is 8.41. The Labute approximate surface area is 83.3 Å². The Morgan fingerprint density at radius 2 is 2.43 bits per heavy atom. The van der Waals surface area contributed by atoms with Crippen LogP contribution >= 0.6 is 0 Å². The molecule has 0 saturated carbocycles. The van der Waals surface area contributed by atoms with Crippen molar-refractivity contribution < 1.29 is 9.53 Å².